The molecular weight excluding hydrogens is 434 g/mol. The molecule has 0 atom stereocenters. The standard InChI is InChI=1S/C23H27N3O3S.ClH/c1-15-6-9-20-21(16(15)2)24-23(30-20)26(11-5-10-25(3)4)22(27)17-7-8-18-19(14-17)29-13-12-28-18;/h6-9,14H,5,10-13H2,1-4H3;1H. The van der Waals surface area contributed by atoms with E-state index in [2.05, 4.69) is 30.9 Å². The second kappa shape index (κ2) is 9.85. The molecule has 1 amide bonds. The molecule has 2 heterocycles. The molecule has 0 saturated carbocycles. The van der Waals surface area contributed by atoms with Gasteiger partial charge in [-0.2, -0.15) is 0 Å². The molecule has 166 valence electrons. The summed E-state index contributed by atoms with van der Waals surface area (Å²) in [5, 5.41) is 0.734. The SMILES string of the molecule is Cc1ccc2sc(N(CCCN(C)C)C(=O)c3ccc4c(c3)OCCO4)nc2c1C.Cl. The van der Waals surface area contributed by atoms with Gasteiger partial charge in [0.15, 0.2) is 16.6 Å². The number of nitrogens with zero attached hydrogens (tertiary/aromatic N) is 3. The van der Waals surface area contributed by atoms with Gasteiger partial charge in [0.1, 0.15) is 13.2 Å². The maximum absolute atomic E-state index is 13.5. The Morgan fingerprint density at radius 2 is 1.81 bits per heavy atom. The van der Waals surface area contributed by atoms with Crippen LogP contribution in [0.4, 0.5) is 5.13 Å². The second-order valence-corrected chi connectivity index (χ2v) is 8.83. The highest BCUT2D eigenvalue weighted by atomic mass is 35.5. The van der Waals surface area contributed by atoms with Crippen LogP contribution in [0.2, 0.25) is 0 Å². The zero-order valence-corrected chi connectivity index (χ0v) is 19.9. The van der Waals surface area contributed by atoms with Crippen molar-refractivity contribution in [1.82, 2.24) is 9.88 Å². The van der Waals surface area contributed by atoms with Gasteiger partial charge in [0, 0.05) is 12.1 Å². The molecule has 0 radical (unpaired) electrons. The van der Waals surface area contributed by atoms with Crippen molar-refractivity contribution < 1.29 is 14.3 Å². The number of aryl methyl sites for hydroxylation is 2. The van der Waals surface area contributed by atoms with Crippen LogP contribution in [0.5, 0.6) is 11.5 Å². The minimum atomic E-state index is -0.0702. The zero-order chi connectivity index (χ0) is 21.3. The van der Waals surface area contributed by atoms with Gasteiger partial charge < -0.3 is 14.4 Å². The lowest BCUT2D eigenvalue weighted by Gasteiger charge is -2.23. The lowest BCUT2D eigenvalue weighted by molar-refractivity contribution is 0.0984. The van der Waals surface area contributed by atoms with Crippen LogP contribution in [0.15, 0.2) is 30.3 Å². The Kier molecular flexibility index (Phi) is 7.41. The second-order valence-electron chi connectivity index (χ2n) is 7.82. The molecular formula is C23H28ClN3O3S. The number of anilines is 1. The molecule has 1 aromatic heterocycles. The predicted molar refractivity (Wildman–Crippen MR) is 129 cm³/mol. The highest BCUT2D eigenvalue weighted by molar-refractivity contribution is 7.22. The highest BCUT2D eigenvalue weighted by Gasteiger charge is 2.24. The summed E-state index contributed by atoms with van der Waals surface area (Å²) in [6.45, 7) is 6.69. The van der Waals surface area contributed by atoms with Gasteiger partial charge in [-0.05, 0) is 76.3 Å². The summed E-state index contributed by atoms with van der Waals surface area (Å²) in [7, 11) is 4.08. The normalized spacial score (nSPS) is 12.7. The average Bonchev–Trinajstić information content (AvgIpc) is 3.17. The minimum absolute atomic E-state index is 0. The van der Waals surface area contributed by atoms with Gasteiger partial charge in [-0.3, -0.25) is 9.69 Å². The first kappa shape index (κ1) is 23.3. The smallest absolute Gasteiger partial charge is 0.260 e. The van der Waals surface area contributed by atoms with E-state index >= 15 is 0 Å². The fourth-order valence-electron chi connectivity index (χ4n) is 3.49. The molecule has 0 spiro atoms. The largest absolute Gasteiger partial charge is 0.486 e. The van der Waals surface area contributed by atoms with Gasteiger partial charge in [0.05, 0.1) is 10.2 Å². The number of aromatic nitrogens is 1. The quantitative estimate of drug-likeness (QED) is 0.532. The summed E-state index contributed by atoms with van der Waals surface area (Å²) >= 11 is 1.56. The summed E-state index contributed by atoms with van der Waals surface area (Å²) in [6.07, 6.45) is 0.858. The van der Waals surface area contributed by atoms with Gasteiger partial charge in [-0.25, -0.2) is 4.98 Å². The first-order valence-electron chi connectivity index (χ1n) is 10.2. The summed E-state index contributed by atoms with van der Waals surface area (Å²) in [6, 6.07) is 9.59. The number of fused-ring (bicyclic) bond motifs is 2. The van der Waals surface area contributed by atoms with Crippen molar-refractivity contribution in [2.45, 2.75) is 20.3 Å². The van der Waals surface area contributed by atoms with Gasteiger partial charge in [0.2, 0.25) is 0 Å². The first-order chi connectivity index (χ1) is 14.4. The van der Waals surface area contributed by atoms with E-state index in [9.17, 15) is 4.79 Å². The molecule has 1 aliphatic rings. The van der Waals surface area contributed by atoms with Crippen LogP contribution < -0.4 is 14.4 Å². The lowest BCUT2D eigenvalue weighted by atomic mass is 10.1. The number of hydrogen-bond donors (Lipinski definition) is 0. The van der Waals surface area contributed by atoms with Crippen molar-refractivity contribution in [3.8, 4) is 11.5 Å². The third-order valence-electron chi connectivity index (χ3n) is 5.33. The van der Waals surface area contributed by atoms with Crippen LogP contribution in [-0.2, 0) is 0 Å². The monoisotopic (exact) mass is 461 g/mol. The van der Waals surface area contributed by atoms with E-state index in [1.807, 2.05) is 20.2 Å². The molecule has 8 heteroatoms. The molecule has 4 rings (SSSR count). The zero-order valence-electron chi connectivity index (χ0n) is 18.3. The third kappa shape index (κ3) is 4.95. The number of halogens is 1. The predicted octanol–water partition coefficient (Wildman–Crippen LogP) is 4.70. The van der Waals surface area contributed by atoms with Gasteiger partial charge in [-0.15, -0.1) is 12.4 Å². The number of carbonyl (C=O) groups is 1. The Morgan fingerprint density at radius 3 is 2.55 bits per heavy atom. The van der Waals surface area contributed by atoms with Crippen molar-refractivity contribution >= 4 is 45.0 Å². The fraction of sp³-hybridized carbons (Fsp3) is 0.391. The molecule has 0 bridgehead atoms. The summed E-state index contributed by atoms with van der Waals surface area (Å²) < 4.78 is 12.4. The van der Waals surface area contributed by atoms with Crippen molar-refractivity contribution in [2.24, 2.45) is 0 Å². The number of thiazole rings is 1. The van der Waals surface area contributed by atoms with Crippen molar-refractivity contribution in [2.75, 3.05) is 45.3 Å². The molecule has 0 aliphatic carbocycles. The maximum Gasteiger partial charge on any atom is 0.260 e. The molecule has 0 N–H and O–H groups in total. The number of ether oxygens (including phenoxy) is 2. The van der Waals surface area contributed by atoms with Crippen LogP contribution in [0.25, 0.3) is 10.2 Å². The van der Waals surface area contributed by atoms with E-state index in [0.717, 1.165) is 33.9 Å². The number of rotatable bonds is 6. The van der Waals surface area contributed by atoms with E-state index in [0.29, 0.717) is 36.8 Å². The van der Waals surface area contributed by atoms with E-state index in [4.69, 9.17) is 14.5 Å². The molecule has 3 aromatic rings. The van der Waals surface area contributed by atoms with Crippen molar-refractivity contribution in [3.05, 3.63) is 47.0 Å². The molecule has 6 nitrogen and oxygen atoms in total. The van der Waals surface area contributed by atoms with Crippen LogP contribution >= 0.6 is 23.7 Å². The Labute approximate surface area is 193 Å². The van der Waals surface area contributed by atoms with Gasteiger partial charge >= 0.3 is 0 Å². The van der Waals surface area contributed by atoms with Crippen LogP contribution in [-0.4, -0.2) is 56.2 Å². The summed E-state index contributed by atoms with van der Waals surface area (Å²) in [5.74, 6) is 1.23. The third-order valence-corrected chi connectivity index (χ3v) is 6.37. The van der Waals surface area contributed by atoms with Crippen molar-refractivity contribution in [1.29, 1.82) is 0 Å². The number of amides is 1. The maximum atomic E-state index is 13.5. The highest BCUT2D eigenvalue weighted by Crippen LogP contribution is 2.35. The number of carbonyl (C=O) groups excluding carboxylic acids is 1. The molecule has 2 aromatic carbocycles. The van der Waals surface area contributed by atoms with Crippen LogP contribution in [0.3, 0.4) is 0 Å². The van der Waals surface area contributed by atoms with Crippen LogP contribution in [0, 0.1) is 13.8 Å². The molecule has 31 heavy (non-hydrogen) atoms. The van der Waals surface area contributed by atoms with E-state index in [-0.39, 0.29) is 18.3 Å². The Balaban J connectivity index is 0.00000272. The molecule has 0 saturated heterocycles. The van der Waals surface area contributed by atoms with Crippen molar-refractivity contribution in [3.63, 3.8) is 0 Å². The van der Waals surface area contributed by atoms with E-state index < -0.39 is 0 Å². The topological polar surface area (TPSA) is 54.9 Å². The van der Waals surface area contributed by atoms with Crippen LogP contribution in [0.1, 0.15) is 27.9 Å². The van der Waals surface area contributed by atoms with Gasteiger partial charge in [-0.1, -0.05) is 17.4 Å². The average molecular weight is 462 g/mol. The Hall–Kier alpha value is -2.35. The van der Waals surface area contributed by atoms with E-state index in [1.54, 1.807) is 28.4 Å². The summed E-state index contributed by atoms with van der Waals surface area (Å²) in [5.41, 5.74) is 3.92. The van der Waals surface area contributed by atoms with Gasteiger partial charge in [0.25, 0.3) is 5.91 Å². The lowest BCUT2D eigenvalue weighted by Crippen LogP contribution is -2.33. The molecule has 0 unspecified atom stereocenters. The number of hydrogen-bond acceptors (Lipinski definition) is 6. The Bertz CT molecular complexity index is 1080. The minimum Gasteiger partial charge on any atom is -0.486 e. The fourth-order valence-corrected chi connectivity index (χ4v) is 4.54. The molecule has 1 aliphatic heterocycles. The first-order valence-corrected chi connectivity index (χ1v) is 11.0. The Morgan fingerprint density at radius 1 is 1.06 bits per heavy atom. The number of benzene rings is 2. The van der Waals surface area contributed by atoms with E-state index in [1.165, 1.54) is 5.56 Å². The summed E-state index contributed by atoms with van der Waals surface area (Å²) in [4.78, 5) is 22.3. The molecule has 0 fully saturated rings.